The molecule has 0 atom stereocenters. The molecule has 0 spiro atoms. The van der Waals surface area contributed by atoms with E-state index in [2.05, 4.69) is 0 Å². The standard InChI is InChI=1S/C18H10ClF3N2O3S/c19-10-4-2-1-3-9(10)7-13-17(26)24(18(27)28-13)8-14(25)23-12-6-5-11(20)15(21)16(12)22/h1-7H,8H2,(H,23,25)/b13-7+. The molecule has 3 rings (SSSR count). The molecule has 1 aliphatic rings. The van der Waals surface area contributed by atoms with Crippen LogP contribution in [0.25, 0.3) is 6.08 Å². The number of halogens is 4. The number of anilines is 1. The van der Waals surface area contributed by atoms with E-state index in [1.807, 2.05) is 5.32 Å². The lowest BCUT2D eigenvalue weighted by atomic mass is 10.2. The van der Waals surface area contributed by atoms with Crippen LogP contribution in [0.2, 0.25) is 5.02 Å². The average Bonchev–Trinajstić information content (AvgIpc) is 2.91. The van der Waals surface area contributed by atoms with Crippen LogP contribution < -0.4 is 5.32 Å². The molecule has 1 N–H and O–H groups in total. The van der Waals surface area contributed by atoms with E-state index >= 15 is 0 Å². The molecule has 1 aliphatic heterocycles. The summed E-state index contributed by atoms with van der Waals surface area (Å²) in [6, 6.07) is 8.13. The largest absolute Gasteiger partial charge is 0.322 e. The van der Waals surface area contributed by atoms with Crippen LogP contribution in [0.3, 0.4) is 0 Å². The van der Waals surface area contributed by atoms with E-state index in [0.29, 0.717) is 33.3 Å². The minimum Gasteiger partial charge on any atom is -0.322 e. The maximum atomic E-state index is 13.6. The van der Waals surface area contributed by atoms with Gasteiger partial charge in [-0.2, -0.15) is 0 Å². The van der Waals surface area contributed by atoms with Crippen LogP contribution in [-0.4, -0.2) is 28.5 Å². The first-order valence-electron chi connectivity index (χ1n) is 7.71. The summed E-state index contributed by atoms with van der Waals surface area (Å²) in [4.78, 5) is 37.2. The van der Waals surface area contributed by atoms with Gasteiger partial charge in [-0.3, -0.25) is 19.3 Å². The van der Waals surface area contributed by atoms with Crippen LogP contribution in [0.4, 0.5) is 23.7 Å². The Morgan fingerprint density at radius 1 is 1.11 bits per heavy atom. The third-order valence-corrected chi connectivity index (χ3v) is 4.93. The number of hydrogen-bond acceptors (Lipinski definition) is 4. The molecular weight excluding hydrogens is 417 g/mol. The van der Waals surface area contributed by atoms with Crippen molar-refractivity contribution in [3.05, 3.63) is 69.3 Å². The predicted molar refractivity (Wildman–Crippen MR) is 99.1 cm³/mol. The monoisotopic (exact) mass is 426 g/mol. The van der Waals surface area contributed by atoms with Crippen LogP contribution in [0.5, 0.6) is 0 Å². The van der Waals surface area contributed by atoms with Gasteiger partial charge in [-0.25, -0.2) is 13.2 Å². The molecule has 0 aromatic heterocycles. The van der Waals surface area contributed by atoms with Gasteiger partial charge < -0.3 is 5.32 Å². The number of carbonyl (C=O) groups excluding carboxylic acids is 3. The third-order valence-electron chi connectivity index (χ3n) is 3.68. The summed E-state index contributed by atoms with van der Waals surface area (Å²) in [6.07, 6.45) is 1.42. The smallest absolute Gasteiger partial charge is 0.294 e. The van der Waals surface area contributed by atoms with Crippen molar-refractivity contribution >= 4 is 52.2 Å². The van der Waals surface area contributed by atoms with Crippen molar-refractivity contribution in [1.82, 2.24) is 4.90 Å². The van der Waals surface area contributed by atoms with Crippen molar-refractivity contribution < 1.29 is 27.6 Å². The summed E-state index contributed by atoms with van der Waals surface area (Å²) in [5.74, 6) is -6.42. The number of imide groups is 1. The van der Waals surface area contributed by atoms with Gasteiger partial charge in [0.25, 0.3) is 11.1 Å². The number of carbonyl (C=O) groups is 3. The van der Waals surface area contributed by atoms with E-state index < -0.39 is 46.7 Å². The highest BCUT2D eigenvalue weighted by atomic mass is 35.5. The molecule has 10 heteroatoms. The first kappa shape index (κ1) is 20.0. The number of nitrogens with one attached hydrogen (secondary N) is 1. The van der Waals surface area contributed by atoms with Crippen LogP contribution in [0.15, 0.2) is 41.3 Å². The molecule has 28 heavy (non-hydrogen) atoms. The zero-order valence-corrected chi connectivity index (χ0v) is 15.4. The molecule has 2 aromatic rings. The molecule has 144 valence electrons. The first-order valence-corrected chi connectivity index (χ1v) is 8.90. The number of hydrogen-bond donors (Lipinski definition) is 1. The fourth-order valence-corrected chi connectivity index (χ4v) is 3.34. The number of amides is 3. The maximum absolute atomic E-state index is 13.6. The second-order valence-electron chi connectivity index (χ2n) is 5.56. The molecule has 0 saturated carbocycles. The Hall–Kier alpha value is -2.78. The van der Waals surface area contributed by atoms with Crippen molar-refractivity contribution in [3.63, 3.8) is 0 Å². The minimum absolute atomic E-state index is 0.0601. The van der Waals surface area contributed by atoms with Gasteiger partial charge in [0.05, 0.1) is 10.6 Å². The zero-order chi connectivity index (χ0) is 20.4. The quantitative estimate of drug-likeness (QED) is 0.580. The molecule has 0 aliphatic carbocycles. The van der Waals surface area contributed by atoms with Crippen LogP contribution in [-0.2, 0) is 9.59 Å². The van der Waals surface area contributed by atoms with Crippen molar-refractivity contribution in [2.24, 2.45) is 0 Å². The number of benzene rings is 2. The Labute approximate surface area is 166 Å². The van der Waals surface area contributed by atoms with Gasteiger partial charge in [-0.05, 0) is 41.6 Å². The summed E-state index contributed by atoms with van der Waals surface area (Å²) in [5.41, 5.74) is -0.0922. The summed E-state index contributed by atoms with van der Waals surface area (Å²) < 4.78 is 39.8. The Morgan fingerprint density at radius 3 is 2.54 bits per heavy atom. The normalized spacial score (nSPS) is 15.4. The van der Waals surface area contributed by atoms with Gasteiger partial charge in [0.1, 0.15) is 6.54 Å². The minimum atomic E-state index is -1.74. The maximum Gasteiger partial charge on any atom is 0.294 e. The van der Waals surface area contributed by atoms with Crippen molar-refractivity contribution in [1.29, 1.82) is 0 Å². The van der Waals surface area contributed by atoms with Crippen LogP contribution in [0, 0.1) is 17.5 Å². The molecule has 1 saturated heterocycles. The Bertz CT molecular complexity index is 1030. The summed E-state index contributed by atoms with van der Waals surface area (Å²) >= 11 is 6.63. The van der Waals surface area contributed by atoms with E-state index in [4.69, 9.17) is 11.6 Å². The van der Waals surface area contributed by atoms with E-state index in [0.717, 1.165) is 6.07 Å². The molecule has 3 amide bonds. The highest BCUT2D eigenvalue weighted by Gasteiger charge is 2.36. The SMILES string of the molecule is O=C(CN1C(=O)S/C(=C/c2ccccc2Cl)C1=O)Nc1ccc(F)c(F)c1F. The molecule has 0 bridgehead atoms. The number of rotatable bonds is 4. The second kappa shape index (κ2) is 8.07. The average molecular weight is 427 g/mol. The van der Waals surface area contributed by atoms with E-state index in [1.165, 1.54) is 6.08 Å². The van der Waals surface area contributed by atoms with E-state index in [9.17, 15) is 27.6 Å². The fourth-order valence-electron chi connectivity index (χ4n) is 2.33. The van der Waals surface area contributed by atoms with E-state index in [1.54, 1.807) is 24.3 Å². The Balaban J connectivity index is 1.73. The van der Waals surface area contributed by atoms with Gasteiger partial charge in [0.15, 0.2) is 17.5 Å². The lowest BCUT2D eigenvalue weighted by Crippen LogP contribution is -2.36. The van der Waals surface area contributed by atoms with Crippen molar-refractivity contribution in [2.75, 3.05) is 11.9 Å². The zero-order valence-electron chi connectivity index (χ0n) is 13.8. The Kier molecular flexibility index (Phi) is 5.76. The summed E-state index contributed by atoms with van der Waals surface area (Å²) in [7, 11) is 0. The summed E-state index contributed by atoms with van der Waals surface area (Å²) in [5, 5.41) is 1.67. The number of nitrogens with zero attached hydrogens (tertiary/aromatic N) is 1. The molecule has 1 heterocycles. The van der Waals surface area contributed by atoms with Gasteiger partial charge >= 0.3 is 0 Å². The fraction of sp³-hybridized carbons (Fsp3) is 0.0556. The van der Waals surface area contributed by atoms with Gasteiger partial charge in [-0.1, -0.05) is 29.8 Å². The lowest BCUT2D eigenvalue weighted by Gasteiger charge is -2.13. The molecule has 0 unspecified atom stereocenters. The Morgan fingerprint density at radius 2 is 1.82 bits per heavy atom. The van der Waals surface area contributed by atoms with Crippen LogP contribution in [0.1, 0.15) is 5.56 Å². The highest BCUT2D eigenvalue weighted by Crippen LogP contribution is 2.33. The van der Waals surface area contributed by atoms with Gasteiger partial charge in [-0.15, -0.1) is 0 Å². The molecular formula is C18H10ClF3N2O3S. The first-order chi connectivity index (χ1) is 13.3. The number of thioether (sulfide) groups is 1. The van der Waals surface area contributed by atoms with Crippen LogP contribution >= 0.6 is 23.4 Å². The van der Waals surface area contributed by atoms with E-state index in [-0.39, 0.29) is 4.91 Å². The van der Waals surface area contributed by atoms with Crippen molar-refractivity contribution in [3.8, 4) is 0 Å². The second-order valence-corrected chi connectivity index (χ2v) is 6.96. The molecule has 0 radical (unpaired) electrons. The lowest BCUT2D eigenvalue weighted by molar-refractivity contribution is -0.127. The highest BCUT2D eigenvalue weighted by molar-refractivity contribution is 8.18. The summed E-state index contributed by atoms with van der Waals surface area (Å²) in [6.45, 7) is -0.719. The molecule has 5 nitrogen and oxygen atoms in total. The van der Waals surface area contributed by atoms with Gasteiger partial charge in [0, 0.05) is 5.02 Å². The topological polar surface area (TPSA) is 66.5 Å². The van der Waals surface area contributed by atoms with Crippen molar-refractivity contribution in [2.45, 2.75) is 0 Å². The molecule has 1 fully saturated rings. The third kappa shape index (κ3) is 4.05. The predicted octanol–water partition coefficient (Wildman–Crippen LogP) is 4.43. The molecule has 2 aromatic carbocycles. The van der Waals surface area contributed by atoms with Gasteiger partial charge in [0.2, 0.25) is 5.91 Å².